The zero-order valence-electron chi connectivity index (χ0n) is 19.0. The lowest BCUT2D eigenvalue weighted by Crippen LogP contribution is -2.50. The number of halogens is 2. The molecule has 0 bridgehead atoms. The quantitative estimate of drug-likeness (QED) is 0.418. The third-order valence-corrected chi connectivity index (χ3v) is 7.10. The van der Waals surface area contributed by atoms with Crippen LogP contribution in [0.2, 0.25) is 5.02 Å². The summed E-state index contributed by atoms with van der Waals surface area (Å²) >= 11 is 5.88. The van der Waals surface area contributed by atoms with Gasteiger partial charge in [0.15, 0.2) is 9.84 Å². The second-order valence-corrected chi connectivity index (χ2v) is 10.7. The number of anilines is 1. The zero-order valence-corrected chi connectivity index (χ0v) is 20.6. The molecule has 9 nitrogen and oxygen atoms in total. The Kier molecular flexibility index (Phi) is 7.15. The molecule has 1 saturated heterocycles. The van der Waals surface area contributed by atoms with E-state index in [1.54, 1.807) is 12.4 Å². The van der Waals surface area contributed by atoms with Gasteiger partial charge in [0.05, 0.1) is 23.5 Å². The second kappa shape index (κ2) is 9.93. The van der Waals surface area contributed by atoms with E-state index in [1.807, 2.05) is 13.8 Å². The molecule has 3 aromatic rings. The Morgan fingerprint density at radius 1 is 1.32 bits per heavy atom. The van der Waals surface area contributed by atoms with E-state index in [4.69, 9.17) is 20.9 Å². The Bertz CT molecular complexity index is 1250. The van der Waals surface area contributed by atoms with Crippen molar-refractivity contribution in [3.05, 3.63) is 47.3 Å². The van der Waals surface area contributed by atoms with Gasteiger partial charge in [-0.3, -0.25) is 0 Å². The van der Waals surface area contributed by atoms with Gasteiger partial charge in [0.2, 0.25) is 11.8 Å². The lowest BCUT2D eigenvalue weighted by molar-refractivity contribution is -0.0302. The normalized spacial score (nSPS) is 17.9. The fraction of sp³-hybridized carbons (Fsp3) is 0.455. The van der Waals surface area contributed by atoms with Gasteiger partial charge in [-0.1, -0.05) is 23.7 Å². The van der Waals surface area contributed by atoms with Gasteiger partial charge in [-0.25, -0.2) is 22.8 Å². The number of nitrogens with zero attached hydrogens (tertiary/aromatic N) is 5. The number of sulfone groups is 1. The van der Waals surface area contributed by atoms with Gasteiger partial charge in [0, 0.05) is 24.4 Å². The summed E-state index contributed by atoms with van der Waals surface area (Å²) in [6.07, 6.45) is 6.17. The summed E-state index contributed by atoms with van der Waals surface area (Å²) in [4.78, 5) is 14.7. The Labute approximate surface area is 202 Å². The van der Waals surface area contributed by atoms with E-state index >= 15 is 0 Å². The predicted molar refractivity (Wildman–Crippen MR) is 124 cm³/mol. The summed E-state index contributed by atoms with van der Waals surface area (Å²) < 4.78 is 49.0. The summed E-state index contributed by atoms with van der Waals surface area (Å²) in [6, 6.07) is 3.97. The highest BCUT2D eigenvalue weighted by molar-refractivity contribution is 7.90. The van der Waals surface area contributed by atoms with Crippen LogP contribution in [0, 0.1) is 5.82 Å². The molecule has 1 fully saturated rings. The minimum Gasteiger partial charge on any atom is -0.365 e. The number of rotatable bonds is 9. The molecule has 0 amide bonds. The molecule has 182 valence electrons. The van der Waals surface area contributed by atoms with Gasteiger partial charge >= 0.3 is 0 Å². The third-order valence-electron chi connectivity index (χ3n) is 5.77. The molecule has 2 aromatic heterocycles. The van der Waals surface area contributed by atoms with E-state index in [0.717, 1.165) is 38.1 Å². The van der Waals surface area contributed by atoms with Gasteiger partial charge < -0.3 is 14.2 Å². The highest BCUT2D eigenvalue weighted by Crippen LogP contribution is 2.30. The number of hydrogen-bond donors (Lipinski definition) is 0. The van der Waals surface area contributed by atoms with E-state index < -0.39 is 21.8 Å². The molecule has 3 heterocycles. The number of ether oxygens (including phenoxy) is 1. The van der Waals surface area contributed by atoms with E-state index in [2.05, 4.69) is 25.0 Å². The van der Waals surface area contributed by atoms with E-state index in [-0.39, 0.29) is 28.8 Å². The van der Waals surface area contributed by atoms with Crippen LogP contribution in [0.1, 0.15) is 45.1 Å². The number of hydrogen-bond acceptors (Lipinski definition) is 9. The number of aromatic nitrogens is 4. The fourth-order valence-corrected chi connectivity index (χ4v) is 4.66. The Morgan fingerprint density at radius 3 is 2.65 bits per heavy atom. The smallest absolute Gasteiger partial charge is 0.255 e. The predicted octanol–water partition coefficient (Wildman–Crippen LogP) is 4.25. The molecule has 1 aliphatic heterocycles. The first-order chi connectivity index (χ1) is 16.2. The van der Waals surface area contributed by atoms with Crippen molar-refractivity contribution in [2.45, 2.75) is 56.3 Å². The summed E-state index contributed by atoms with van der Waals surface area (Å²) in [5.41, 5.74) is 0.312. The molecule has 3 atom stereocenters. The van der Waals surface area contributed by atoms with Gasteiger partial charge in [-0.05, 0) is 44.4 Å². The summed E-state index contributed by atoms with van der Waals surface area (Å²) in [5.74, 6) is 0.200. The minimum absolute atomic E-state index is 0.0584. The average Bonchev–Trinajstić information content (AvgIpc) is 3.27. The van der Waals surface area contributed by atoms with Gasteiger partial charge in [-0.2, -0.15) is 4.98 Å². The standard InChI is InChI=1S/C22H25ClFN5O4S/c1-4-17(10-16-7-8-29(16)22-25-11-15(23)12-26-22)32-13(2)21-27-20(28-33-21)14-5-6-19(18(24)9-14)34(3,30)31/h5-6,9,11-13,16-17H,4,7-8,10H2,1-3H3/t13-,16?,17-/m1/s1. The summed E-state index contributed by atoms with van der Waals surface area (Å²) in [5, 5.41) is 4.40. The average molecular weight is 510 g/mol. The van der Waals surface area contributed by atoms with E-state index in [9.17, 15) is 12.8 Å². The van der Waals surface area contributed by atoms with Crippen LogP contribution < -0.4 is 4.90 Å². The molecule has 1 unspecified atom stereocenters. The minimum atomic E-state index is -3.66. The van der Waals surface area contributed by atoms with Crippen LogP contribution in [0.25, 0.3) is 11.4 Å². The largest absolute Gasteiger partial charge is 0.365 e. The van der Waals surface area contributed by atoms with Gasteiger partial charge in [0.1, 0.15) is 16.8 Å². The molecular weight excluding hydrogens is 485 g/mol. The summed E-state index contributed by atoms with van der Waals surface area (Å²) in [6.45, 7) is 4.73. The van der Waals surface area contributed by atoms with Crippen molar-refractivity contribution in [3.63, 3.8) is 0 Å². The maximum Gasteiger partial charge on any atom is 0.255 e. The van der Waals surface area contributed by atoms with E-state index in [1.165, 1.54) is 12.1 Å². The molecule has 0 N–H and O–H groups in total. The Morgan fingerprint density at radius 2 is 2.06 bits per heavy atom. The maximum absolute atomic E-state index is 14.2. The van der Waals surface area contributed by atoms with Crippen molar-refractivity contribution >= 4 is 27.4 Å². The van der Waals surface area contributed by atoms with Gasteiger partial charge in [-0.15, -0.1) is 0 Å². The molecule has 34 heavy (non-hydrogen) atoms. The second-order valence-electron chi connectivity index (χ2n) is 8.26. The van der Waals surface area contributed by atoms with Crippen LogP contribution in [0.4, 0.5) is 10.3 Å². The van der Waals surface area contributed by atoms with Crippen molar-refractivity contribution in [3.8, 4) is 11.4 Å². The molecule has 4 rings (SSSR count). The highest BCUT2D eigenvalue weighted by atomic mass is 35.5. The fourth-order valence-electron chi connectivity index (χ4n) is 3.83. The van der Waals surface area contributed by atoms with Crippen LogP contribution in [-0.4, -0.2) is 53.5 Å². The van der Waals surface area contributed by atoms with Crippen molar-refractivity contribution in [2.75, 3.05) is 17.7 Å². The number of benzene rings is 1. The zero-order chi connectivity index (χ0) is 24.5. The third kappa shape index (κ3) is 5.37. The lowest BCUT2D eigenvalue weighted by atomic mass is 9.96. The summed E-state index contributed by atoms with van der Waals surface area (Å²) in [7, 11) is -3.66. The van der Waals surface area contributed by atoms with Crippen molar-refractivity contribution < 1.29 is 22.1 Å². The molecule has 0 saturated carbocycles. The first-order valence-electron chi connectivity index (χ1n) is 10.9. The van der Waals surface area contributed by atoms with Crippen molar-refractivity contribution in [1.82, 2.24) is 20.1 Å². The van der Waals surface area contributed by atoms with Crippen molar-refractivity contribution in [1.29, 1.82) is 0 Å². The molecule has 1 aromatic carbocycles. The molecule has 12 heteroatoms. The molecular formula is C22H25ClFN5O4S. The van der Waals surface area contributed by atoms with Gasteiger partial charge in [0.25, 0.3) is 5.89 Å². The topological polar surface area (TPSA) is 111 Å². The maximum atomic E-state index is 14.2. The molecule has 0 aliphatic carbocycles. The molecule has 0 radical (unpaired) electrons. The van der Waals surface area contributed by atoms with Crippen LogP contribution in [0.5, 0.6) is 0 Å². The van der Waals surface area contributed by atoms with Crippen LogP contribution in [0.3, 0.4) is 0 Å². The SMILES string of the molecule is CC[C@H](CC1CCN1c1ncc(Cl)cn1)O[C@H](C)c1nc(-c2ccc(S(C)(=O)=O)c(F)c2)no1. The van der Waals surface area contributed by atoms with Crippen LogP contribution in [-0.2, 0) is 14.6 Å². The first kappa shape index (κ1) is 24.5. The van der Waals surface area contributed by atoms with Crippen molar-refractivity contribution in [2.24, 2.45) is 0 Å². The first-order valence-corrected chi connectivity index (χ1v) is 13.2. The Hall–Kier alpha value is -2.63. The van der Waals surface area contributed by atoms with E-state index in [0.29, 0.717) is 16.5 Å². The molecule has 1 aliphatic rings. The van der Waals surface area contributed by atoms with Crippen LogP contribution in [0.15, 0.2) is 40.0 Å². The molecule has 0 spiro atoms. The Balaban J connectivity index is 1.40. The monoisotopic (exact) mass is 509 g/mol. The lowest BCUT2D eigenvalue weighted by Gasteiger charge is -2.42. The van der Waals surface area contributed by atoms with Crippen LogP contribution >= 0.6 is 11.6 Å². The highest BCUT2D eigenvalue weighted by Gasteiger charge is 2.33.